The zero-order chi connectivity index (χ0) is 20.5. The third-order valence-electron chi connectivity index (χ3n) is 3.53. The van der Waals surface area contributed by atoms with Gasteiger partial charge in [0.2, 0.25) is 0 Å². The van der Waals surface area contributed by atoms with E-state index in [1.54, 1.807) is 24.3 Å². The molecule has 0 fully saturated rings. The van der Waals surface area contributed by atoms with Crippen LogP contribution in [0.3, 0.4) is 0 Å². The number of benzene rings is 2. The van der Waals surface area contributed by atoms with E-state index >= 15 is 0 Å². The monoisotopic (exact) mass is 386 g/mol. The molecule has 9 heteroatoms. The average molecular weight is 386 g/mol. The number of nitro benzene ring substituents is 1. The topological polar surface area (TPSA) is 117 Å². The van der Waals surface area contributed by atoms with Crippen LogP contribution in [0.2, 0.25) is 0 Å². The minimum Gasteiger partial charge on any atom is -0.497 e. The Morgan fingerprint density at radius 3 is 2.50 bits per heavy atom. The number of ether oxygens (including phenoxy) is 3. The maximum absolute atomic E-state index is 11.9. The molecule has 0 saturated heterocycles. The van der Waals surface area contributed by atoms with Crippen molar-refractivity contribution in [3.8, 4) is 11.5 Å². The minimum absolute atomic E-state index is 0.0289. The van der Waals surface area contributed by atoms with Crippen LogP contribution in [0.25, 0.3) is 6.08 Å². The average Bonchev–Trinajstić information content (AvgIpc) is 2.71. The molecular weight excluding hydrogens is 368 g/mol. The van der Waals surface area contributed by atoms with Gasteiger partial charge in [-0.2, -0.15) is 0 Å². The molecule has 28 heavy (non-hydrogen) atoms. The number of anilines is 1. The molecule has 1 N–H and O–H groups in total. The summed E-state index contributed by atoms with van der Waals surface area (Å²) < 4.78 is 14.8. The SMILES string of the molecule is COc1cccc(/C=C/C(=O)OCC(=O)Nc2ccc(OC)cc2[N+](=O)[O-])c1. The van der Waals surface area contributed by atoms with Gasteiger partial charge in [-0.25, -0.2) is 4.79 Å². The van der Waals surface area contributed by atoms with E-state index in [0.717, 1.165) is 11.6 Å². The van der Waals surface area contributed by atoms with Crippen LogP contribution in [0.1, 0.15) is 5.56 Å². The maximum atomic E-state index is 11.9. The Kier molecular flexibility index (Phi) is 7.09. The highest BCUT2D eigenvalue weighted by Crippen LogP contribution is 2.28. The summed E-state index contributed by atoms with van der Waals surface area (Å²) in [5, 5.41) is 13.4. The van der Waals surface area contributed by atoms with Crippen molar-refractivity contribution < 1.29 is 28.7 Å². The van der Waals surface area contributed by atoms with Gasteiger partial charge in [0.25, 0.3) is 11.6 Å². The smallest absolute Gasteiger partial charge is 0.331 e. The van der Waals surface area contributed by atoms with Crippen molar-refractivity contribution in [1.82, 2.24) is 0 Å². The van der Waals surface area contributed by atoms with Gasteiger partial charge in [0.05, 0.1) is 25.2 Å². The molecule has 0 aliphatic rings. The lowest BCUT2D eigenvalue weighted by Crippen LogP contribution is -2.20. The maximum Gasteiger partial charge on any atom is 0.331 e. The molecule has 0 bridgehead atoms. The Labute approximate surface area is 160 Å². The highest BCUT2D eigenvalue weighted by Gasteiger charge is 2.17. The number of nitrogens with one attached hydrogen (secondary N) is 1. The molecule has 9 nitrogen and oxygen atoms in total. The molecule has 2 rings (SSSR count). The fraction of sp³-hybridized carbons (Fsp3) is 0.158. The number of nitro groups is 1. The fourth-order valence-corrected chi connectivity index (χ4v) is 2.18. The number of carbonyl (C=O) groups is 2. The predicted molar refractivity (Wildman–Crippen MR) is 101 cm³/mol. The molecule has 2 aromatic carbocycles. The predicted octanol–water partition coefficient (Wildman–Crippen LogP) is 2.81. The van der Waals surface area contributed by atoms with Gasteiger partial charge >= 0.3 is 5.97 Å². The van der Waals surface area contributed by atoms with E-state index in [9.17, 15) is 19.7 Å². The van der Waals surface area contributed by atoms with E-state index in [1.165, 1.54) is 38.5 Å². The number of rotatable bonds is 8. The first kappa shape index (κ1) is 20.4. The highest BCUT2D eigenvalue weighted by molar-refractivity contribution is 5.96. The summed E-state index contributed by atoms with van der Waals surface area (Å²) >= 11 is 0. The largest absolute Gasteiger partial charge is 0.497 e. The number of hydrogen-bond acceptors (Lipinski definition) is 7. The van der Waals surface area contributed by atoms with Crippen molar-refractivity contribution in [2.75, 3.05) is 26.1 Å². The zero-order valence-corrected chi connectivity index (χ0v) is 15.2. The van der Waals surface area contributed by atoms with Crippen molar-refractivity contribution in [3.05, 3.63) is 64.2 Å². The fourth-order valence-electron chi connectivity index (χ4n) is 2.18. The quantitative estimate of drug-likeness (QED) is 0.321. The van der Waals surface area contributed by atoms with Crippen LogP contribution in [0.15, 0.2) is 48.5 Å². The number of amides is 1. The van der Waals surface area contributed by atoms with Crippen LogP contribution in [0.4, 0.5) is 11.4 Å². The Morgan fingerprint density at radius 1 is 1.11 bits per heavy atom. The Bertz CT molecular complexity index is 909. The summed E-state index contributed by atoms with van der Waals surface area (Å²) in [6, 6.07) is 11.0. The van der Waals surface area contributed by atoms with Crippen molar-refractivity contribution in [2.24, 2.45) is 0 Å². The van der Waals surface area contributed by atoms with Crippen molar-refractivity contribution in [3.63, 3.8) is 0 Å². The Morgan fingerprint density at radius 2 is 1.82 bits per heavy atom. The van der Waals surface area contributed by atoms with E-state index in [0.29, 0.717) is 5.75 Å². The van der Waals surface area contributed by atoms with E-state index in [1.807, 2.05) is 0 Å². The molecule has 146 valence electrons. The first-order chi connectivity index (χ1) is 13.4. The summed E-state index contributed by atoms with van der Waals surface area (Å²) in [6.45, 7) is -0.593. The molecular formula is C19H18N2O7. The zero-order valence-electron chi connectivity index (χ0n) is 15.2. The van der Waals surface area contributed by atoms with Crippen LogP contribution in [-0.4, -0.2) is 37.6 Å². The van der Waals surface area contributed by atoms with Gasteiger partial charge in [-0.3, -0.25) is 14.9 Å². The van der Waals surface area contributed by atoms with Crippen LogP contribution in [0, 0.1) is 10.1 Å². The van der Waals surface area contributed by atoms with Gasteiger partial charge in [0.15, 0.2) is 6.61 Å². The van der Waals surface area contributed by atoms with Gasteiger partial charge in [0, 0.05) is 6.08 Å². The van der Waals surface area contributed by atoms with Crippen LogP contribution in [0.5, 0.6) is 11.5 Å². The minimum atomic E-state index is -0.734. The number of nitrogens with zero attached hydrogens (tertiary/aromatic N) is 1. The van der Waals surface area contributed by atoms with Crippen molar-refractivity contribution >= 4 is 29.3 Å². The molecule has 2 aromatic rings. The lowest BCUT2D eigenvalue weighted by molar-refractivity contribution is -0.384. The molecule has 0 spiro atoms. The molecule has 1 amide bonds. The second-order valence-corrected chi connectivity index (χ2v) is 5.41. The molecule has 0 aromatic heterocycles. The second-order valence-electron chi connectivity index (χ2n) is 5.41. The molecule has 0 atom stereocenters. The normalized spacial score (nSPS) is 10.4. The van der Waals surface area contributed by atoms with Gasteiger partial charge < -0.3 is 19.5 Å². The van der Waals surface area contributed by atoms with Crippen molar-refractivity contribution in [2.45, 2.75) is 0 Å². The molecule has 0 saturated carbocycles. The highest BCUT2D eigenvalue weighted by atomic mass is 16.6. The number of esters is 1. The molecule has 0 aliphatic carbocycles. The van der Waals surface area contributed by atoms with Gasteiger partial charge in [-0.1, -0.05) is 12.1 Å². The Balaban J connectivity index is 1.92. The molecule has 0 radical (unpaired) electrons. The number of methoxy groups -OCH3 is 2. The third-order valence-corrected chi connectivity index (χ3v) is 3.53. The summed E-state index contributed by atoms with van der Waals surface area (Å²) in [6.07, 6.45) is 2.68. The second kappa shape index (κ2) is 9.72. The van der Waals surface area contributed by atoms with Crippen LogP contribution >= 0.6 is 0 Å². The van der Waals surface area contributed by atoms with E-state index < -0.39 is 23.4 Å². The molecule has 0 unspecified atom stereocenters. The summed E-state index contributed by atoms with van der Waals surface area (Å²) in [4.78, 5) is 34.1. The lowest BCUT2D eigenvalue weighted by Gasteiger charge is -2.07. The van der Waals surface area contributed by atoms with Gasteiger partial charge in [0.1, 0.15) is 17.2 Å². The molecule has 0 aliphatic heterocycles. The molecule has 0 heterocycles. The third kappa shape index (κ3) is 5.84. The summed E-state index contributed by atoms with van der Waals surface area (Å²) in [7, 11) is 2.90. The van der Waals surface area contributed by atoms with E-state index in [-0.39, 0.29) is 17.1 Å². The Hall–Kier alpha value is -3.88. The van der Waals surface area contributed by atoms with Crippen molar-refractivity contribution in [1.29, 1.82) is 0 Å². The van der Waals surface area contributed by atoms with Gasteiger partial charge in [-0.15, -0.1) is 0 Å². The standard InChI is InChI=1S/C19H18N2O7/c1-26-14-5-3-4-13(10-14)6-9-19(23)28-12-18(22)20-16-8-7-15(27-2)11-17(16)21(24)25/h3-11H,12H2,1-2H3,(H,20,22)/b9-6+. The lowest BCUT2D eigenvalue weighted by atomic mass is 10.2. The number of carbonyl (C=O) groups excluding carboxylic acids is 2. The van der Waals surface area contributed by atoms with E-state index in [4.69, 9.17) is 14.2 Å². The number of hydrogen-bond donors (Lipinski definition) is 1. The summed E-state index contributed by atoms with van der Waals surface area (Å²) in [5.41, 5.74) is 0.352. The van der Waals surface area contributed by atoms with Gasteiger partial charge in [-0.05, 0) is 35.9 Å². The van der Waals surface area contributed by atoms with E-state index in [2.05, 4.69) is 5.32 Å². The van der Waals surface area contributed by atoms with Crippen LogP contribution < -0.4 is 14.8 Å². The first-order valence-corrected chi connectivity index (χ1v) is 8.04. The first-order valence-electron chi connectivity index (χ1n) is 8.04. The van der Waals surface area contributed by atoms with Crippen LogP contribution in [-0.2, 0) is 14.3 Å². The summed E-state index contributed by atoms with van der Waals surface area (Å²) in [5.74, 6) is -0.534.